The predicted octanol–water partition coefficient (Wildman–Crippen LogP) is 2.32. The molecular formula is C27H22N4O5S2. The summed E-state index contributed by atoms with van der Waals surface area (Å²) < 4.78 is 34.3. The Kier molecular flexibility index (Phi) is 6.87. The third kappa shape index (κ3) is 4.39. The van der Waals surface area contributed by atoms with Crippen LogP contribution in [-0.4, -0.2) is 41.4 Å². The zero-order valence-corrected chi connectivity index (χ0v) is 21.8. The van der Waals surface area contributed by atoms with Gasteiger partial charge in [0.1, 0.15) is 10.2 Å². The maximum Gasteiger partial charge on any atom is 0.346 e. The van der Waals surface area contributed by atoms with Crippen molar-refractivity contribution in [1.29, 1.82) is 0 Å². The van der Waals surface area contributed by atoms with Crippen LogP contribution >= 0.6 is 11.8 Å². The lowest BCUT2D eigenvalue weighted by atomic mass is 10.2. The van der Waals surface area contributed by atoms with Gasteiger partial charge < -0.3 is 10.5 Å². The van der Waals surface area contributed by atoms with E-state index in [1.165, 1.54) is 18.3 Å². The van der Waals surface area contributed by atoms with E-state index in [4.69, 9.17) is 10.5 Å². The summed E-state index contributed by atoms with van der Waals surface area (Å²) in [6, 6.07) is 14.5. The minimum Gasteiger partial charge on any atom is -0.462 e. The van der Waals surface area contributed by atoms with Gasteiger partial charge in [-0.1, -0.05) is 42.1 Å². The molecule has 4 heterocycles. The summed E-state index contributed by atoms with van der Waals surface area (Å²) in [5.74, 6) is -1.26. The Labute approximate surface area is 222 Å². The van der Waals surface area contributed by atoms with Crippen LogP contribution < -0.4 is 16.3 Å². The third-order valence-corrected chi connectivity index (χ3v) is 8.96. The largest absolute Gasteiger partial charge is 0.462 e. The number of benzene rings is 1. The van der Waals surface area contributed by atoms with Gasteiger partial charge in [0.15, 0.2) is 5.03 Å². The molecule has 11 heteroatoms. The number of nitrogens with zero attached hydrogens (tertiary/aromatic N) is 3. The van der Waals surface area contributed by atoms with E-state index in [1.807, 2.05) is 0 Å². The monoisotopic (exact) mass is 546 g/mol. The minimum absolute atomic E-state index is 0.0402. The van der Waals surface area contributed by atoms with Crippen molar-refractivity contribution < 1.29 is 22.7 Å². The SMILES string of the molecule is CCOC(=O)C1=c2/c(=C/c3cccnc3)c(N)c(S(=O)(=O)c3ccccc3)n2C(=O)C(c2cccnc2)S1. The lowest BCUT2D eigenvalue weighted by Crippen LogP contribution is -2.42. The van der Waals surface area contributed by atoms with Gasteiger partial charge in [-0.3, -0.25) is 19.3 Å². The molecule has 9 nitrogen and oxygen atoms in total. The number of fused-ring (bicyclic) bond motifs is 1. The molecule has 0 amide bonds. The van der Waals surface area contributed by atoms with E-state index in [0.29, 0.717) is 11.1 Å². The van der Waals surface area contributed by atoms with Gasteiger partial charge in [0.25, 0.3) is 0 Å². The van der Waals surface area contributed by atoms with Crippen molar-refractivity contribution in [2.45, 2.75) is 22.1 Å². The molecule has 0 aliphatic carbocycles. The summed E-state index contributed by atoms with van der Waals surface area (Å²) in [4.78, 5) is 35.5. The Morgan fingerprint density at radius 2 is 1.79 bits per heavy atom. The minimum atomic E-state index is -4.29. The van der Waals surface area contributed by atoms with E-state index in [9.17, 15) is 18.0 Å². The summed E-state index contributed by atoms with van der Waals surface area (Å²) in [5.41, 5.74) is 7.50. The van der Waals surface area contributed by atoms with Gasteiger partial charge in [-0.2, -0.15) is 0 Å². The fourth-order valence-electron chi connectivity index (χ4n) is 4.19. The molecule has 0 saturated heterocycles. The van der Waals surface area contributed by atoms with E-state index in [0.717, 1.165) is 16.3 Å². The molecule has 1 atom stereocenters. The highest BCUT2D eigenvalue weighted by molar-refractivity contribution is 8.10. The number of sulfone groups is 1. The molecule has 38 heavy (non-hydrogen) atoms. The second kappa shape index (κ2) is 10.3. The zero-order chi connectivity index (χ0) is 26.9. The van der Waals surface area contributed by atoms with Crippen molar-refractivity contribution in [2.24, 2.45) is 0 Å². The Balaban J connectivity index is 1.93. The zero-order valence-electron chi connectivity index (χ0n) is 20.1. The summed E-state index contributed by atoms with van der Waals surface area (Å²) >= 11 is 0.982. The van der Waals surface area contributed by atoms with Gasteiger partial charge in [-0.05, 0) is 48.4 Å². The van der Waals surface area contributed by atoms with Crippen LogP contribution in [0.2, 0.25) is 0 Å². The number of ether oxygens (including phenoxy) is 1. The molecule has 0 fully saturated rings. The molecule has 2 N–H and O–H groups in total. The number of carbonyl (C=O) groups is 2. The highest BCUT2D eigenvalue weighted by Gasteiger charge is 2.40. The molecule has 0 saturated carbocycles. The van der Waals surface area contributed by atoms with Gasteiger partial charge in [-0.15, -0.1) is 0 Å². The molecule has 5 rings (SSSR count). The van der Waals surface area contributed by atoms with E-state index in [1.54, 1.807) is 74.1 Å². The van der Waals surface area contributed by atoms with Crippen molar-refractivity contribution in [3.05, 3.63) is 101 Å². The summed E-state index contributed by atoms with van der Waals surface area (Å²) in [6.45, 7) is 1.75. The standard InChI is InChI=1S/C27H22N4O5S2/c1-2-36-27(33)24-22-20(14-17-8-6-12-29-15-17)21(28)26(38(34,35)19-10-4-3-5-11-19)31(22)25(32)23(37-24)18-9-7-13-30-16-18/h3-16,23H,2,28H2,1H3/b20-14+. The number of nitrogen functional groups attached to an aromatic ring is 1. The molecule has 0 bridgehead atoms. The molecule has 1 aromatic carbocycles. The van der Waals surface area contributed by atoms with Gasteiger partial charge in [0.05, 0.1) is 22.5 Å². The summed E-state index contributed by atoms with van der Waals surface area (Å²) in [5, 5.41) is -1.09. The molecular weight excluding hydrogens is 524 g/mol. The van der Waals surface area contributed by atoms with Crippen LogP contribution in [0.3, 0.4) is 0 Å². The molecule has 0 spiro atoms. The number of pyridine rings is 2. The lowest BCUT2D eigenvalue weighted by molar-refractivity contribution is -0.135. The third-order valence-electron chi connectivity index (χ3n) is 5.85. The van der Waals surface area contributed by atoms with E-state index >= 15 is 0 Å². The maximum atomic E-state index is 14.1. The van der Waals surface area contributed by atoms with Crippen molar-refractivity contribution in [2.75, 3.05) is 12.3 Å². The van der Waals surface area contributed by atoms with Crippen LogP contribution in [0.25, 0.3) is 11.0 Å². The first-order chi connectivity index (χ1) is 18.3. The number of nitrogens with two attached hydrogens (primary N) is 1. The van der Waals surface area contributed by atoms with E-state index < -0.39 is 32.0 Å². The van der Waals surface area contributed by atoms with Gasteiger partial charge in [-0.25, -0.2) is 13.2 Å². The number of esters is 1. The van der Waals surface area contributed by atoms with Crippen LogP contribution in [0.5, 0.6) is 0 Å². The number of carbonyl (C=O) groups excluding carboxylic acids is 2. The predicted molar refractivity (Wildman–Crippen MR) is 143 cm³/mol. The topological polar surface area (TPSA) is 134 Å². The van der Waals surface area contributed by atoms with Crippen LogP contribution in [0.4, 0.5) is 5.69 Å². The molecule has 1 unspecified atom stereocenters. The van der Waals surface area contributed by atoms with Gasteiger partial charge in [0.2, 0.25) is 15.7 Å². The first-order valence-electron chi connectivity index (χ1n) is 11.6. The summed E-state index contributed by atoms with van der Waals surface area (Å²) in [7, 11) is -4.29. The number of hydrogen-bond acceptors (Lipinski definition) is 9. The first-order valence-corrected chi connectivity index (χ1v) is 13.9. The number of aromatic nitrogens is 3. The highest BCUT2D eigenvalue weighted by atomic mass is 32.2. The number of rotatable bonds is 6. The highest BCUT2D eigenvalue weighted by Crippen LogP contribution is 2.40. The fraction of sp³-hybridized carbons (Fsp3) is 0.111. The molecule has 0 radical (unpaired) electrons. The van der Waals surface area contributed by atoms with Crippen LogP contribution in [0, 0.1) is 0 Å². The molecule has 192 valence electrons. The maximum absolute atomic E-state index is 14.1. The second-order valence-electron chi connectivity index (χ2n) is 8.24. The number of thioether (sulfide) groups is 1. The van der Waals surface area contributed by atoms with E-state index in [-0.39, 0.29) is 32.7 Å². The Morgan fingerprint density at radius 3 is 2.42 bits per heavy atom. The van der Waals surface area contributed by atoms with Crippen molar-refractivity contribution >= 4 is 50.1 Å². The molecule has 3 aromatic heterocycles. The molecule has 4 aromatic rings. The lowest BCUT2D eigenvalue weighted by Gasteiger charge is -2.23. The van der Waals surface area contributed by atoms with Gasteiger partial charge in [0, 0.05) is 30.0 Å². The Hall–Kier alpha value is -4.22. The fourth-order valence-corrected chi connectivity index (χ4v) is 6.94. The summed E-state index contributed by atoms with van der Waals surface area (Å²) in [6.07, 6.45) is 7.83. The van der Waals surface area contributed by atoms with Crippen LogP contribution in [0.15, 0.2) is 89.3 Å². The van der Waals surface area contributed by atoms with Crippen molar-refractivity contribution in [3.63, 3.8) is 0 Å². The van der Waals surface area contributed by atoms with Crippen LogP contribution in [0.1, 0.15) is 28.1 Å². The smallest absolute Gasteiger partial charge is 0.346 e. The second-order valence-corrected chi connectivity index (χ2v) is 11.2. The normalized spacial score (nSPS) is 15.8. The average molecular weight is 547 g/mol. The van der Waals surface area contributed by atoms with Crippen LogP contribution in [-0.2, 0) is 19.4 Å². The van der Waals surface area contributed by atoms with Gasteiger partial charge >= 0.3 is 5.97 Å². The molecule has 1 aliphatic heterocycles. The average Bonchev–Trinajstić information content (AvgIpc) is 3.23. The van der Waals surface area contributed by atoms with Crippen molar-refractivity contribution in [1.82, 2.24) is 14.5 Å². The molecule has 1 aliphatic rings. The Morgan fingerprint density at radius 1 is 1.08 bits per heavy atom. The first kappa shape index (κ1) is 25.4. The number of hydrogen-bond donors (Lipinski definition) is 1. The van der Waals surface area contributed by atoms with E-state index in [2.05, 4.69) is 9.97 Å². The Bertz CT molecular complexity index is 1750. The quantitative estimate of drug-likeness (QED) is 0.362. The number of anilines is 1. The van der Waals surface area contributed by atoms with Crippen molar-refractivity contribution in [3.8, 4) is 0 Å².